The van der Waals surface area contributed by atoms with Crippen LogP contribution in [0.25, 0.3) is 21.9 Å². The number of imidazole rings is 1. The Bertz CT molecular complexity index is 1060. The van der Waals surface area contributed by atoms with Gasteiger partial charge in [-0.1, -0.05) is 30.3 Å². The van der Waals surface area contributed by atoms with Crippen LogP contribution in [-0.2, 0) is 11.2 Å². The van der Waals surface area contributed by atoms with E-state index in [-0.39, 0.29) is 12.3 Å². The third-order valence-electron chi connectivity index (χ3n) is 4.11. The van der Waals surface area contributed by atoms with Gasteiger partial charge < -0.3 is 9.97 Å². The van der Waals surface area contributed by atoms with Gasteiger partial charge in [-0.3, -0.25) is 4.79 Å². The topological polar surface area (TPSA) is 85.9 Å². The van der Waals surface area contributed by atoms with Gasteiger partial charge >= 0.3 is 0 Å². The lowest BCUT2D eigenvalue weighted by Gasteiger charge is -2.01. The SMILES string of the molecule is CC(=NNC(=O)Cc1c[nH]c2ccccc12)c1nc2ccccc2[nH]1. The number of carbonyl (C=O) groups is 1. The molecule has 2 aromatic carbocycles. The van der Waals surface area contributed by atoms with Crippen molar-refractivity contribution in [3.63, 3.8) is 0 Å². The van der Waals surface area contributed by atoms with Gasteiger partial charge in [0, 0.05) is 17.1 Å². The van der Waals surface area contributed by atoms with Crippen molar-refractivity contribution in [3.05, 3.63) is 66.1 Å². The molecule has 6 nitrogen and oxygen atoms in total. The zero-order valence-electron chi connectivity index (χ0n) is 13.7. The summed E-state index contributed by atoms with van der Waals surface area (Å²) in [5.41, 5.74) is 7.02. The second kappa shape index (κ2) is 6.24. The monoisotopic (exact) mass is 331 g/mol. The fourth-order valence-electron chi connectivity index (χ4n) is 2.81. The number of aromatic nitrogens is 3. The van der Waals surface area contributed by atoms with E-state index in [1.807, 2.05) is 61.7 Å². The molecule has 124 valence electrons. The van der Waals surface area contributed by atoms with Gasteiger partial charge in [-0.15, -0.1) is 0 Å². The van der Waals surface area contributed by atoms with E-state index in [0.717, 1.165) is 27.5 Å². The first-order valence-corrected chi connectivity index (χ1v) is 8.04. The number of H-pyrrole nitrogens is 2. The number of hydrogen-bond acceptors (Lipinski definition) is 3. The lowest BCUT2D eigenvalue weighted by atomic mass is 10.1. The van der Waals surface area contributed by atoms with Crippen molar-refractivity contribution in [3.8, 4) is 0 Å². The first kappa shape index (κ1) is 15.1. The average molecular weight is 331 g/mol. The van der Waals surface area contributed by atoms with Crippen LogP contribution in [-0.4, -0.2) is 26.6 Å². The van der Waals surface area contributed by atoms with Gasteiger partial charge in [0.1, 0.15) is 5.71 Å². The lowest BCUT2D eigenvalue weighted by Crippen LogP contribution is -2.21. The summed E-state index contributed by atoms with van der Waals surface area (Å²) < 4.78 is 0. The molecule has 0 aliphatic rings. The number of fused-ring (bicyclic) bond motifs is 2. The normalized spacial score (nSPS) is 12.0. The maximum atomic E-state index is 12.2. The molecule has 6 heteroatoms. The molecule has 2 heterocycles. The Morgan fingerprint density at radius 2 is 1.88 bits per heavy atom. The number of hydrazone groups is 1. The van der Waals surface area contributed by atoms with E-state index in [1.165, 1.54) is 0 Å². The summed E-state index contributed by atoms with van der Waals surface area (Å²) in [6.45, 7) is 1.81. The van der Waals surface area contributed by atoms with E-state index in [0.29, 0.717) is 11.5 Å². The van der Waals surface area contributed by atoms with Crippen LogP contribution in [0.15, 0.2) is 59.8 Å². The summed E-state index contributed by atoms with van der Waals surface area (Å²) in [5, 5.41) is 5.21. The van der Waals surface area contributed by atoms with Crippen LogP contribution in [0, 0.1) is 0 Å². The van der Waals surface area contributed by atoms with Crippen molar-refractivity contribution in [1.29, 1.82) is 0 Å². The van der Waals surface area contributed by atoms with Gasteiger partial charge in [0.05, 0.1) is 17.5 Å². The number of para-hydroxylation sites is 3. The molecule has 0 fully saturated rings. The van der Waals surface area contributed by atoms with Gasteiger partial charge in [0.2, 0.25) is 5.91 Å². The molecule has 2 aromatic heterocycles. The summed E-state index contributed by atoms with van der Waals surface area (Å²) in [7, 11) is 0. The fourth-order valence-corrected chi connectivity index (χ4v) is 2.81. The van der Waals surface area contributed by atoms with E-state index in [4.69, 9.17) is 0 Å². The second-order valence-electron chi connectivity index (χ2n) is 5.87. The minimum absolute atomic E-state index is 0.166. The van der Waals surface area contributed by atoms with E-state index in [1.54, 1.807) is 0 Å². The molecular formula is C19H17N5O. The van der Waals surface area contributed by atoms with E-state index in [9.17, 15) is 4.79 Å². The quantitative estimate of drug-likeness (QED) is 0.396. The Kier molecular flexibility index (Phi) is 3.78. The highest BCUT2D eigenvalue weighted by molar-refractivity contribution is 5.99. The number of carbonyl (C=O) groups excluding carboxylic acids is 1. The van der Waals surface area contributed by atoms with Gasteiger partial charge in [-0.05, 0) is 30.7 Å². The van der Waals surface area contributed by atoms with Crippen molar-refractivity contribution in [1.82, 2.24) is 20.4 Å². The summed E-state index contributed by atoms with van der Waals surface area (Å²) in [4.78, 5) is 23.0. The summed E-state index contributed by atoms with van der Waals surface area (Å²) >= 11 is 0. The predicted octanol–water partition coefficient (Wildman–Crippen LogP) is 3.13. The number of nitrogens with one attached hydrogen (secondary N) is 3. The Balaban J connectivity index is 1.47. The van der Waals surface area contributed by atoms with Gasteiger partial charge in [-0.2, -0.15) is 5.10 Å². The zero-order valence-corrected chi connectivity index (χ0v) is 13.7. The molecule has 0 saturated carbocycles. The van der Waals surface area contributed by atoms with Crippen molar-refractivity contribution in [2.45, 2.75) is 13.3 Å². The molecule has 0 unspecified atom stereocenters. The summed E-state index contributed by atoms with van der Waals surface area (Å²) in [5.74, 6) is 0.480. The molecule has 1 amide bonds. The standard InChI is InChI=1S/C19H17N5O/c1-12(19-21-16-8-4-5-9-17(16)22-19)23-24-18(25)10-13-11-20-15-7-3-2-6-14(13)15/h2-9,11,20H,10H2,1H3,(H,21,22)(H,24,25). The predicted molar refractivity (Wildman–Crippen MR) is 98.5 cm³/mol. The highest BCUT2D eigenvalue weighted by atomic mass is 16.2. The molecule has 0 spiro atoms. The largest absolute Gasteiger partial charge is 0.361 e. The van der Waals surface area contributed by atoms with Crippen molar-refractivity contribution in [2.24, 2.45) is 5.10 Å². The molecule has 3 N–H and O–H groups in total. The Hall–Kier alpha value is -3.41. The first-order chi connectivity index (χ1) is 12.2. The van der Waals surface area contributed by atoms with Crippen LogP contribution in [0.4, 0.5) is 0 Å². The van der Waals surface area contributed by atoms with Crippen molar-refractivity contribution >= 4 is 33.6 Å². The highest BCUT2D eigenvalue weighted by Gasteiger charge is 2.09. The lowest BCUT2D eigenvalue weighted by molar-refractivity contribution is -0.120. The van der Waals surface area contributed by atoms with Gasteiger partial charge in [-0.25, -0.2) is 10.4 Å². The van der Waals surface area contributed by atoms with Crippen LogP contribution >= 0.6 is 0 Å². The second-order valence-corrected chi connectivity index (χ2v) is 5.87. The minimum atomic E-state index is -0.166. The third-order valence-corrected chi connectivity index (χ3v) is 4.11. The fraction of sp³-hybridized carbons (Fsp3) is 0.105. The number of nitrogens with zero attached hydrogens (tertiary/aromatic N) is 2. The van der Waals surface area contributed by atoms with Gasteiger partial charge in [0.15, 0.2) is 5.82 Å². The van der Waals surface area contributed by atoms with Crippen molar-refractivity contribution in [2.75, 3.05) is 0 Å². The molecule has 0 aliphatic carbocycles. The van der Waals surface area contributed by atoms with Gasteiger partial charge in [0.25, 0.3) is 0 Å². The van der Waals surface area contributed by atoms with Crippen LogP contribution in [0.2, 0.25) is 0 Å². The first-order valence-electron chi connectivity index (χ1n) is 8.04. The van der Waals surface area contributed by atoms with Crippen LogP contribution in [0.1, 0.15) is 18.3 Å². The molecule has 0 radical (unpaired) electrons. The molecule has 4 rings (SSSR count). The Morgan fingerprint density at radius 1 is 1.12 bits per heavy atom. The number of amides is 1. The average Bonchev–Trinajstić information content (AvgIpc) is 3.24. The van der Waals surface area contributed by atoms with E-state index >= 15 is 0 Å². The Morgan fingerprint density at radius 3 is 2.72 bits per heavy atom. The van der Waals surface area contributed by atoms with Crippen molar-refractivity contribution < 1.29 is 4.79 Å². The maximum Gasteiger partial charge on any atom is 0.244 e. The molecular weight excluding hydrogens is 314 g/mol. The van der Waals surface area contributed by atoms with Crippen LogP contribution < -0.4 is 5.43 Å². The Labute approximate surface area is 144 Å². The molecule has 25 heavy (non-hydrogen) atoms. The number of hydrogen-bond donors (Lipinski definition) is 3. The maximum absolute atomic E-state index is 12.2. The molecule has 4 aromatic rings. The number of benzene rings is 2. The van der Waals surface area contributed by atoms with E-state index < -0.39 is 0 Å². The number of rotatable bonds is 4. The summed E-state index contributed by atoms with van der Waals surface area (Å²) in [6.07, 6.45) is 2.13. The van der Waals surface area contributed by atoms with Crippen LogP contribution in [0.3, 0.4) is 0 Å². The molecule has 0 atom stereocenters. The molecule has 0 saturated heterocycles. The molecule has 0 aliphatic heterocycles. The highest BCUT2D eigenvalue weighted by Crippen LogP contribution is 2.18. The summed E-state index contributed by atoms with van der Waals surface area (Å²) in [6, 6.07) is 15.7. The number of aromatic amines is 2. The van der Waals surface area contributed by atoms with Crippen LogP contribution in [0.5, 0.6) is 0 Å². The zero-order chi connectivity index (χ0) is 17.2. The minimum Gasteiger partial charge on any atom is -0.361 e. The third kappa shape index (κ3) is 3.01. The smallest absolute Gasteiger partial charge is 0.244 e. The molecule has 0 bridgehead atoms. The van der Waals surface area contributed by atoms with E-state index in [2.05, 4.69) is 25.5 Å².